The van der Waals surface area contributed by atoms with Gasteiger partial charge in [0.2, 0.25) is 5.91 Å². The van der Waals surface area contributed by atoms with Crippen LogP contribution in [0.25, 0.3) is 0 Å². The van der Waals surface area contributed by atoms with Crippen LogP contribution >= 0.6 is 0 Å². The molecule has 1 aliphatic heterocycles. The third-order valence-corrected chi connectivity index (χ3v) is 5.23. The second kappa shape index (κ2) is 8.34. The quantitative estimate of drug-likeness (QED) is 0.747. The Morgan fingerprint density at radius 2 is 1.75 bits per heavy atom. The average molecular weight is 443 g/mol. The molecule has 0 saturated carbocycles. The minimum atomic E-state index is -4.72. The molecule has 2 aromatic rings. The Morgan fingerprint density at radius 1 is 1.12 bits per heavy atom. The average Bonchev–Trinajstić information content (AvgIpc) is 3.03. The molecule has 10 heteroatoms. The van der Waals surface area contributed by atoms with Gasteiger partial charge >= 0.3 is 6.18 Å². The van der Waals surface area contributed by atoms with Crippen molar-refractivity contribution in [3.8, 4) is 6.07 Å². The highest BCUT2D eigenvalue weighted by atomic mass is 19.4. The Morgan fingerprint density at radius 3 is 2.31 bits per heavy atom. The number of benzene rings is 2. The van der Waals surface area contributed by atoms with E-state index in [1.807, 2.05) is 0 Å². The van der Waals surface area contributed by atoms with E-state index in [1.165, 1.54) is 24.1 Å². The molecular formula is C22H20F3N5O2. The fourth-order valence-electron chi connectivity index (χ4n) is 3.32. The molecule has 2 aromatic carbocycles. The number of nitriles is 1. The first-order chi connectivity index (χ1) is 14.9. The summed E-state index contributed by atoms with van der Waals surface area (Å²) in [5.41, 5.74) is -0.848. The molecule has 2 amide bonds. The summed E-state index contributed by atoms with van der Waals surface area (Å²) in [6, 6.07) is 11.5. The Labute approximate surface area is 182 Å². The molecule has 0 radical (unpaired) electrons. The molecule has 3 rings (SSSR count). The first kappa shape index (κ1) is 22.8. The van der Waals surface area contributed by atoms with E-state index >= 15 is 0 Å². The largest absolute Gasteiger partial charge is 0.417 e. The highest BCUT2D eigenvalue weighted by Crippen LogP contribution is 2.35. The van der Waals surface area contributed by atoms with Crippen LogP contribution in [0.15, 0.2) is 47.6 Å². The second-order valence-corrected chi connectivity index (χ2v) is 7.60. The molecule has 0 saturated heterocycles. The molecule has 0 aliphatic carbocycles. The third kappa shape index (κ3) is 4.56. The molecule has 166 valence electrons. The van der Waals surface area contributed by atoms with E-state index in [0.29, 0.717) is 11.4 Å². The zero-order valence-corrected chi connectivity index (χ0v) is 17.5. The Kier molecular flexibility index (Phi) is 5.94. The van der Waals surface area contributed by atoms with Gasteiger partial charge in [-0.05, 0) is 42.8 Å². The predicted octanol–water partition coefficient (Wildman–Crippen LogP) is 3.97. The number of halogens is 3. The predicted molar refractivity (Wildman–Crippen MR) is 113 cm³/mol. The van der Waals surface area contributed by atoms with E-state index in [-0.39, 0.29) is 18.0 Å². The summed E-state index contributed by atoms with van der Waals surface area (Å²) in [4.78, 5) is 24.1. The zero-order chi connectivity index (χ0) is 23.7. The molecule has 32 heavy (non-hydrogen) atoms. The number of alkyl halides is 3. The summed E-state index contributed by atoms with van der Waals surface area (Å²) in [7, 11) is 1.61. The maximum absolute atomic E-state index is 13.2. The van der Waals surface area contributed by atoms with Gasteiger partial charge in [0.25, 0.3) is 5.91 Å². The lowest BCUT2D eigenvalue weighted by atomic mass is 9.92. The number of anilines is 2. The first-order valence-electron chi connectivity index (χ1n) is 9.56. The second-order valence-electron chi connectivity index (χ2n) is 7.60. The summed E-state index contributed by atoms with van der Waals surface area (Å²) in [6.45, 7) is 3.04. The van der Waals surface area contributed by atoms with Crippen LogP contribution in [0.1, 0.15) is 37.0 Å². The molecule has 0 fully saturated rings. The number of hydrazone groups is 1. The van der Waals surface area contributed by atoms with E-state index in [9.17, 15) is 22.8 Å². The Hall–Kier alpha value is -3.87. The van der Waals surface area contributed by atoms with Crippen molar-refractivity contribution >= 4 is 28.9 Å². The molecule has 7 nitrogen and oxygen atoms in total. The van der Waals surface area contributed by atoms with Gasteiger partial charge in [-0.25, -0.2) is 0 Å². The fraction of sp³-hybridized carbons (Fsp3) is 0.273. The summed E-state index contributed by atoms with van der Waals surface area (Å²) in [6.07, 6.45) is -4.50. The maximum atomic E-state index is 13.2. The van der Waals surface area contributed by atoms with Crippen LogP contribution in [0.3, 0.4) is 0 Å². The Balaban J connectivity index is 1.78. The molecule has 1 aliphatic rings. The van der Waals surface area contributed by atoms with Gasteiger partial charge in [-0.15, -0.1) is 0 Å². The number of amides is 2. The molecular weight excluding hydrogens is 423 g/mol. The molecule has 0 aromatic heterocycles. The number of nitrogens with zero attached hydrogens (tertiary/aromatic N) is 3. The van der Waals surface area contributed by atoms with Crippen LogP contribution in [-0.2, 0) is 15.8 Å². The van der Waals surface area contributed by atoms with Gasteiger partial charge in [-0.1, -0.05) is 12.1 Å². The van der Waals surface area contributed by atoms with Crippen LogP contribution in [0.5, 0.6) is 0 Å². The highest BCUT2D eigenvalue weighted by molar-refractivity contribution is 6.09. The lowest BCUT2D eigenvalue weighted by Gasteiger charge is -2.30. The van der Waals surface area contributed by atoms with Crippen molar-refractivity contribution < 1.29 is 22.8 Å². The summed E-state index contributed by atoms with van der Waals surface area (Å²) in [5, 5.41) is 20.0. The monoisotopic (exact) mass is 443 g/mol. The van der Waals surface area contributed by atoms with Crippen molar-refractivity contribution in [2.24, 2.45) is 5.10 Å². The van der Waals surface area contributed by atoms with Crippen molar-refractivity contribution in [1.29, 1.82) is 5.26 Å². The van der Waals surface area contributed by atoms with E-state index in [4.69, 9.17) is 5.26 Å². The topological polar surface area (TPSA) is 97.6 Å². The number of hydrogen-bond acceptors (Lipinski definition) is 5. The minimum absolute atomic E-state index is 0.0657. The number of hydrogen-bond donors (Lipinski definition) is 2. The van der Waals surface area contributed by atoms with Gasteiger partial charge in [0.15, 0.2) is 0 Å². The lowest BCUT2D eigenvalue weighted by molar-refractivity contribution is -0.137. The van der Waals surface area contributed by atoms with Gasteiger partial charge in [0.1, 0.15) is 5.54 Å². The van der Waals surface area contributed by atoms with Crippen molar-refractivity contribution in [3.05, 3.63) is 59.2 Å². The third-order valence-electron chi connectivity index (χ3n) is 5.23. The molecule has 1 heterocycles. The molecule has 0 spiro atoms. The van der Waals surface area contributed by atoms with Crippen LogP contribution in [0.4, 0.5) is 24.5 Å². The van der Waals surface area contributed by atoms with E-state index in [0.717, 1.165) is 17.7 Å². The van der Waals surface area contributed by atoms with Gasteiger partial charge < -0.3 is 10.6 Å². The molecule has 1 atom stereocenters. The summed E-state index contributed by atoms with van der Waals surface area (Å²) in [5.74, 6) is -0.733. The summed E-state index contributed by atoms with van der Waals surface area (Å²) >= 11 is 0. The van der Waals surface area contributed by atoms with Gasteiger partial charge in [-0.3, -0.25) is 14.6 Å². The van der Waals surface area contributed by atoms with Crippen LogP contribution in [0, 0.1) is 11.3 Å². The van der Waals surface area contributed by atoms with Crippen molar-refractivity contribution in [1.82, 2.24) is 5.01 Å². The van der Waals surface area contributed by atoms with E-state index < -0.39 is 28.7 Å². The Bertz CT molecular complexity index is 1140. The van der Waals surface area contributed by atoms with Crippen LogP contribution in [-0.4, -0.2) is 35.1 Å². The number of likely N-dealkylation sites (N-methyl/N-ethyl adjacent to an activating group) is 1. The molecule has 2 N–H and O–H groups in total. The van der Waals surface area contributed by atoms with Crippen LogP contribution < -0.4 is 10.6 Å². The van der Waals surface area contributed by atoms with Gasteiger partial charge in [0, 0.05) is 31.8 Å². The number of nitrogens with one attached hydrogen (secondary N) is 2. The van der Waals surface area contributed by atoms with Crippen LogP contribution in [0.2, 0.25) is 0 Å². The molecule has 1 unspecified atom stereocenters. The van der Waals surface area contributed by atoms with E-state index in [2.05, 4.69) is 15.7 Å². The number of carbonyl (C=O) groups is 2. The summed E-state index contributed by atoms with van der Waals surface area (Å²) < 4.78 is 39.6. The first-order valence-corrected chi connectivity index (χ1v) is 9.56. The van der Waals surface area contributed by atoms with Crippen molar-refractivity contribution in [2.75, 3.05) is 17.7 Å². The number of carbonyl (C=O) groups excluding carboxylic acids is 2. The fourth-order valence-corrected chi connectivity index (χ4v) is 3.32. The normalized spacial score (nSPS) is 18.0. The SMILES string of the molecule is CC(=O)Nc1ccc(C2=NN(C)C(C)(C(=O)Nc3ccc(C#N)c(C(F)(F)F)c3)C2)cc1. The number of rotatable bonds is 4. The van der Waals surface area contributed by atoms with Crippen molar-refractivity contribution in [2.45, 2.75) is 32.0 Å². The lowest BCUT2D eigenvalue weighted by Crippen LogP contribution is -2.48. The standard InChI is InChI=1S/C22H20F3N5O2/c1-13(31)27-16-7-4-14(5-8-16)19-11-21(2,30(3)29-19)20(32)28-17-9-6-15(12-26)18(10-17)22(23,24)25/h4-10H,11H2,1-3H3,(H,27,31)(H,28,32). The smallest absolute Gasteiger partial charge is 0.326 e. The van der Waals surface area contributed by atoms with Gasteiger partial charge in [0.05, 0.1) is 22.9 Å². The van der Waals surface area contributed by atoms with E-state index in [1.54, 1.807) is 38.2 Å². The highest BCUT2D eigenvalue weighted by Gasteiger charge is 2.43. The molecule has 0 bridgehead atoms. The van der Waals surface area contributed by atoms with Crippen molar-refractivity contribution in [3.63, 3.8) is 0 Å². The zero-order valence-electron chi connectivity index (χ0n) is 17.5. The van der Waals surface area contributed by atoms with Gasteiger partial charge in [-0.2, -0.15) is 23.5 Å². The maximum Gasteiger partial charge on any atom is 0.417 e. The minimum Gasteiger partial charge on any atom is -0.326 e.